The second-order valence-corrected chi connectivity index (χ2v) is 6.79. The molecule has 148 valence electrons. The average molecular weight is 387 g/mol. The van der Waals surface area contributed by atoms with Crippen molar-refractivity contribution in [2.24, 2.45) is 0 Å². The third-order valence-corrected chi connectivity index (χ3v) is 4.34. The second kappa shape index (κ2) is 10.1. The first-order chi connectivity index (χ1) is 14.1. The SMILES string of the molecule is CN(C)c1ccc(CNC(=O)/C=C/c2ccc(OCc3ccccn3)cc2)cc1. The maximum atomic E-state index is 12.1. The summed E-state index contributed by atoms with van der Waals surface area (Å²) in [5.74, 6) is 0.635. The Bertz CT molecular complexity index is 934. The van der Waals surface area contributed by atoms with Crippen molar-refractivity contribution in [3.63, 3.8) is 0 Å². The number of carbonyl (C=O) groups excluding carboxylic acids is 1. The van der Waals surface area contributed by atoms with Crippen molar-refractivity contribution in [1.82, 2.24) is 10.3 Å². The maximum Gasteiger partial charge on any atom is 0.244 e. The predicted molar refractivity (Wildman–Crippen MR) is 117 cm³/mol. The lowest BCUT2D eigenvalue weighted by molar-refractivity contribution is -0.116. The van der Waals surface area contributed by atoms with Gasteiger partial charge in [0.25, 0.3) is 0 Å². The van der Waals surface area contributed by atoms with Crippen LogP contribution in [0.5, 0.6) is 5.75 Å². The highest BCUT2D eigenvalue weighted by Crippen LogP contribution is 2.15. The molecule has 0 unspecified atom stereocenters. The van der Waals surface area contributed by atoms with Crippen molar-refractivity contribution in [2.45, 2.75) is 13.2 Å². The lowest BCUT2D eigenvalue weighted by Crippen LogP contribution is -2.20. The number of hydrogen-bond donors (Lipinski definition) is 1. The molecule has 0 aliphatic heterocycles. The summed E-state index contributed by atoms with van der Waals surface area (Å²) in [6.45, 7) is 0.922. The highest BCUT2D eigenvalue weighted by molar-refractivity contribution is 5.91. The fraction of sp³-hybridized carbons (Fsp3) is 0.167. The van der Waals surface area contributed by atoms with Crippen LogP contribution < -0.4 is 15.0 Å². The van der Waals surface area contributed by atoms with Gasteiger partial charge in [-0.1, -0.05) is 30.3 Å². The topological polar surface area (TPSA) is 54.5 Å². The third kappa shape index (κ3) is 6.50. The van der Waals surface area contributed by atoms with Crippen LogP contribution in [0, 0.1) is 0 Å². The van der Waals surface area contributed by atoms with Gasteiger partial charge in [0.1, 0.15) is 12.4 Å². The van der Waals surface area contributed by atoms with Crippen LogP contribution in [0.15, 0.2) is 79.0 Å². The summed E-state index contributed by atoms with van der Waals surface area (Å²) in [5, 5.41) is 2.90. The van der Waals surface area contributed by atoms with E-state index in [9.17, 15) is 4.79 Å². The number of aromatic nitrogens is 1. The number of amides is 1. The van der Waals surface area contributed by atoms with Crippen LogP contribution in [-0.4, -0.2) is 25.0 Å². The van der Waals surface area contributed by atoms with Crippen molar-refractivity contribution in [3.8, 4) is 5.75 Å². The highest BCUT2D eigenvalue weighted by Gasteiger charge is 2.00. The van der Waals surface area contributed by atoms with E-state index in [0.717, 1.165) is 28.3 Å². The quantitative estimate of drug-likeness (QED) is 0.593. The lowest BCUT2D eigenvalue weighted by Gasteiger charge is -2.12. The lowest BCUT2D eigenvalue weighted by atomic mass is 10.2. The van der Waals surface area contributed by atoms with E-state index in [2.05, 4.69) is 10.3 Å². The van der Waals surface area contributed by atoms with Crippen LogP contribution in [0.3, 0.4) is 0 Å². The number of benzene rings is 2. The van der Waals surface area contributed by atoms with Gasteiger partial charge in [0, 0.05) is 38.6 Å². The van der Waals surface area contributed by atoms with Crippen molar-refractivity contribution in [2.75, 3.05) is 19.0 Å². The first-order valence-corrected chi connectivity index (χ1v) is 9.45. The smallest absolute Gasteiger partial charge is 0.244 e. The highest BCUT2D eigenvalue weighted by atomic mass is 16.5. The Morgan fingerprint density at radius 1 is 1.03 bits per heavy atom. The molecule has 0 aliphatic rings. The molecule has 0 bridgehead atoms. The third-order valence-electron chi connectivity index (χ3n) is 4.34. The van der Waals surface area contributed by atoms with Crippen LogP contribution in [0.1, 0.15) is 16.8 Å². The molecule has 5 heteroatoms. The van der Waals surface area contributed by atoms with Gasteiger partial charge in [-0.3, -0.25) is 9.78 Å². The standard InChI is InChI=1S/C24H25N3O2/c1-27(2)22-11-6-20(7-12-22)17-26-24(28)15-10-19-8-13-23(14-9-19)29-18-21-5-3-4-16-25-21/h3-16H,17-18H2,1-2H3,(H,26,28)/b15-10+. The first kappa shape index (κ1) is 20.1. The normalized spacial score (nSPS) is 10.7. The number of ether oxygens (including phenoxy) is 1. The van der Waals surface area contributed by atoms with Gasteiger partial charge in [0.15, 0.2) is 0 Å². The van der Waals surface area contributed by atoms with E-state index in [1.165, 1.54) is 6.08 Å². The van der Waals surface area contributed by atoms with Gasteiger partial charge in [-0.05, 0) is 53.6 Å². The minimum absolute atomic E-state index is 0.128. The van der Waals surface area contributed by atoms with E-state index < -0.39 is 0 Å². The average Bonchev–Trinajstić information content (AvgIpc) is 2.76. The van der Waals surface area contributed by atoms with Crippen LogP contribution in [0.25, 0.3) is 6.08 Å². The number of carbonyl (C=O) groups is 1. The first-order valence-electron chi connectivity index (χ1n) is 9.45. The molecule has 0 aliphatic carbocycles. The molecule has 0 fully saturated rings. The van der Waals surface area contributed by atoms with Crippen molar-refractivity contribution < 1.29 is 9.53 Å². The van der Waals surface area contributed by atoms with Crippen LogP contribution in [0.2, 0.25) is 0 Å². The molecule has 5 nitrogen and oxygen atoms in total. The largest absolute Gasteiger partial charge is 0.487 e. The summed E-state index contributed by atoms with van der Waals surface area (Å²) in [7, 11) is 4.00. The van der Waals surface area contributed by atoms with Gasteiger partial charge < -0.3 is 15.0 Å². The molecular formula is C24H25N3O2. The van der Waals surface area contributed by atoms with Crippen molar-refractivity contribution in [3.05, 3.63) is 95.8 Å². The molecule has 0 atom stereocenters. The summed E-state index contributed by atoms with van der Waals surface area (Å²) in [4.78, 5) is 18.3. The summed E-state index contributed by atoms with van der Waals surface area (Å²) in [5.41, 5.74) is 4.00. The molecule has 29 heavy (non-hydrogen) atoms. The molecule has 2 aromatic carbocycles. The number of nitrogens with one attached hydrogen (secondary N) is 1. The van der Waals surface area contributed by atoms with E-state index in [1.54, 1.807) is 12.3 Å². The summed E-state index contributed by atoms with van der Waals surface area (Å²) < 4.78 is 5.71. The molecule has 1 amide bonds. The summed E-state index contributed by atoms with van der Waals surface area (Å²) >= 11 is 0. The Labute approximate surface area is 171 Å². The van der Waals surface area contributed by atoms with Gasteiger partial charge in [-0.15, -0.1) is 0 Å². The Balaban J connectivity index is 1.45. The number of hydrogen-bond acceptors (Lipinski definition) is 4. The summed E-state index contributed by atoms with van der Waals surface area (Å²) in [6, 6.07) is 21.4. The molecule has 0 radical (unpaired) electrons. The summed E-state index contributed by atoms with van der Waals surface area (Å²) in [6.07, 6.45) is 5.07. The van der Waals surface area contributed by atoms with Crippen LogP contribution >= 0.6 is 0 Å². The second-order valence-electron chi connectivity index (χ2n) is 6.79. The predicted octanol–water partition coefficient (Wildman–Crippen LogP) is 4.06. The molecule has 3 rings (SSSR count). The minimum Gasteiger partial charge on any atom is -0.487 e. The molecule has 0 spiro atoms. The van der Waals surface area contributed by atoms with Crippen LogP contribution in [-0.2, 0) is 17.9 Å². The fourth-order valence-electron chi connectivity index (χ4n) is 2.65. The monoisotopic (exact) mass is 387 g/mol. The van der Waals surface area contributed by atoms with E-state index in [4.69, 9.17) is 4.74 Å². The Morgan fingerprint density at radius 3 is 2.45 bits per heavy atom. The number of rotatable bonds is 8. The van der Waals surface area contributed by atoms with Gasteiger partial charge in [0.05, 0.1) is 5.69 Å². The van der Waals surface area contributed by atoms with Gasteiger partial charge in [0.2, 0.25) is 5.91 Å². The molecule has 0 saturated carbocycles. The van der Waals surface area contributed by atoms with Gasteiger partial charge in [-0.2, -0.15) is 0 Å². The zero-order valence-corrected chi connectivity index (χ0v) is 16.7. The fourth-order valence-corrected chi connectivity index (χ4v) is 2.65. The zero-order valence-electron chi connectivity index (χ0n) is 16.7. The van der Waals surface area contributed by atoms with Gasteiger partial charge in [-0.25, -0.2) is 0 Å². The molecule has 1 aromatic heterocycles. The molecule has 1 N–H and O–H groups in total. The Morgan fingerprint density at radius 2 is 1.79 bits per heavy atom. The Kier molecular flexibility index (Phi) is 7.00. The van der Waals surface area contributed by atoms with Crippen molar-refractivity contribution in [1.29, 1.82) is 0 Å². The number of anilines is 1. The Hall–Kier alpha value is -3.60. The molecule has 0 saturated heterocycles. The van der Waals surface area contributed by atoms with E-state index in [0.29, 0.717) is 13.2 Å². The van der Waals surface area contributed by atoms with Crippen molar-refractivity contribution >= 4 is 17.7 Å². The van der Waals surface area contributed by atoms with Gasteiger partial charge >= 0.3 is 0 Å². The van der Waals surface area contributed by atoms with E-state index in [-0.39, 0.29) is 5.91 Å². The molecular weight excluding hydrogens is 362 g/mol. The number of pyridine rings is 1. The zero-order chi connectivity index (χ0) is 20.5. The minimum atomic E-state index is -0.128. The molecule has 3 aromatic rings. The van der Waals surface area contributed by atoms with E-state index in [1.807, 2.05) is 85.7 Å². The number of nitrogens with zero attached hydrogens (tertiary/aromatic N) is 2. The van der Waals surface area contributed by atoms with E-state index >= 15 is 0 Å². The van der Waals surface area contributed by atoms with Crippen LogP contribution in [0.4, 0.5) is 5.69 Å². The maximum absolute atomic E-state index is 12.1. The molecule has 1 heterocycles.